The summed E-state index contributed by atoms with van der Waals surface area (Å²) in [7, 11) is 0. The highest BCUT2D eigenvalue weighted by atomic mass is 32.1. The first kappa shape index (κ1) is 20.2. The molecule has 4 rings (SSSR count). The number of esters is 1. The number of thiazole rings is 1. The number of aryl methyl sites for hydroxylation is 2. The second kappa shape index (κ2) is 8.75. The van der Waals surface area contributed by atoms with Crippen molar-refractivity contribution in [3.05, 3.63) is 76.0 Å². The second-order valence-electron chi connectivity index (χ2n) is 7.23. The smallest absolute Gasteiger partial charge is 0.350 e. The van der Waals surface area contributed by atoms with Gasteiger partial charge in [-0.3, -0.25) is 4.79 Å². The molecule has 0 fully saturated rings. The van der Waals surface area contributed by atoms with Crippen LogP contribution in [0.15, 0.2) is 48.5 Å². The Bertz CT molecular complexity index is 1080. The van der Waals surface area contributed by atoms with Gasteiger partial charge in [0.25, 0.3) is 5.91 Å². The van der Waals surface area contributed by atoms with Gasteiger partial charge in [-0.2, -0.15) is 0 Å². The number of benzene rings is 2. The summed E-state index contributed by atoms with van der Waals surface area (Å²) in [5.41, 5.74) is 3.62. The van der Waals surface area contributed by atoms with Crippen LogP contribution in [0.5, 0.6) is 0 Å². The first-order chi connectivity index (χ1) is 14.5. The summed E-state index contributed by atoms with van der Waals surface area (Å²) in [6, 6.07) is 13.9. The molecule has 1 N–H and O–H groups in total. The largest absolute Gasteiger partial charge is 0.451 e. The Labute approximate surface area is 177 Å². The molecule has 0 radical (unpaired) electrons. The average Bonchev–Trinajstić information content (AvgIpc) is 3.14. The van der Waals surface area contributed by atoms with Gasteiger partial charge in [0.1, 0.15) is 15.7 Å². The number of nitrogens with one attached hydrogen (secondary N) is 1. The Hall–Kier alpha value is -3.06. The molecule has 3 aromatic rings. The molecule has 1 heterocycles. The summed E-state index contributed by atoms with van der Waals surface area (Å²) in [4.78, 5) is 29.5. The van der Waals surface area contributed by atoms with Gasteiger partial charge < -0.3 is 10.1 Å². The molecule has 1 amide bonds. The zero-order valence-electron chi connectivity index (χ0n) is 16.5. The van der Waals surface area contributed by atoms with Crippen molar-refractivity contribution in [2.75, 3.05) is 6.61 Å². The molecular weight excluding hydrogens is 403 g/mol. The van der Waals surface area contributed by atoms with Crippen molar-refractivity contribution in [2.24, 2.45) is 0 Å². The number of carbonyl (C=O) groups excluding carboxylic acids is 2. The molecule has 2 aromatic carbocycles. The van der Waals surface area contributed by atoms with E-state index in [9.17, 15) is 14.0 Å². The van der Waals surface area contributed by atoms with Crippen LogP contribution in [-0.2, 0) is 16.0 Å². The molecule has 0 aliphatic heterocycles. The maximum atomic E-state index is 13.1. The van der Waals surface area contributed by atoms with E-state index >= 15 is 0 Å². The number of nitrogens with zero attached hydrogens (tertiary/aromatic N) is 1. The van der Waals surface area contributed by atoms with E-state index in [-0.39, 0.29) is 24.4 Å². The molecule has 0 saturated carbocycles. The van der Waals surface area contributed by atoms with Crippen molar-refractivity contribution in [1.29, 1.82) is 0 Å². The molecule has 1 atom stereocenters. The third kappa shape index (κ3) is 4.41. The highest BCUT2D eigenvalue weighted by Gasteiger charge is 2.23. The van der Waals surface area contributed by atoms with Gasteiger partial charge in [0.05, 0.1) is 11.7 Å². The van der Waals surface area contributed by atoms with E-state index in [1.54, 1.807) is 19.1 Å². The average molecular weight is 424 g/mol. The lowest BCUT2D eigenvalue weighted by molar-refractivity contribution is -0.125. The van der Waals surface area contributed by atoms with E-state index in [0.29, 0.717) is 15.6 Å². The summed E-state index contributed by atoms with van der Waals surface area (Å²) in [6.07, 6.45) is 2.89. The van der Waals surface area contributed by atoms with E-state index in [1.165, 1.54) is 17.7 Å². The molecule has 1 aliphatic carbocycles. The second-order valence-corrected chi connectivity index (χ2v) is 8.23. The van der Waals surface area contributed by atoms with Gasteiger partial charge >= 0.3 is 5.97 Å². The lowest BCUT2D eigenvalue weighted by Gasteiger charge is -2.26. The van der Waals surface area contributed by atoms with Gasteiger partial charge in [-0.05, 0) is 61.6 Å². The van der Waals surface area contributed by atoms with Gasteiger partial charge in [-0.1, -0.05) is 24.3 Å². The summed E-state index contributed by atoms with van der Waals surface area (Å²) in [5, 5.41) is 3.57. The van der Waals surface area contributed by atoms with E-state index < -0.39 is 5.97 Å². The number of aromatic nitrogens is 1. The summed E-state index contributed by atoms with van der Waals surface area (Å²) in [6.45, 7) is 1.36. The van der Waals surface area contributed by atoms with Gasteiger partial charge in [0.15, 0.2) is 6.61 Å². The topological polar surface area (TPSA) is 68.3 Å². The van der Waals surface area contributed by atoms with Gasteiger partial charge in [0, 0.05) is 5.56 Å². The van der Waals surface area contributed by atoms with Crippen molar-refractivity contribution >= 4 is 23.2 Å². The molecule has 7 heteroatoms. The van der Waals surface area contributed by atoms with Crippen LogP contribution in [0.2, 0.25) is 0 Å². The normalized spacial score (nSPS) is 15.3. The zero-order valence-corrected chi connectivity index (χ0v) is 17.3. The summed E-state index contributed by atoms with van der Waals surface area (Å²) >= 11 is 1.16. The molecule has 1 aliphatic rings. The number of fused-ring (bicyclic) bond motifs is 1. The van der Waals surface area contributed by atoms with Gasteiger partial charge in [-0.15, -0.1) is 11.3 Å². The lowest BCUT2D eigenvalue weighted by Crippen LogP contribution is -2.34. The number of rotatable bonds is 5. The van der Waals surface area contributed by atoms with Crippen LogP contribution in [-0.4, -0.2) is 23.5 Å². The van der Waals surface area contributed by atoms with Crippen molar-refractivity contribution in [3.8, 4) is 10.6 Å². The number of halogens is 1. The van der Waals surface area contributed by atoms with Crippen LogP contribution in [0.3, 0.4) is 0 Å². The van der Waals surface area contributed by atoms with Crippen LogP contribution in [0.4, 0.5) is 4.39 Å². The highest BCUT2D eigenvalue weighted by Crippen LogP contribution is 2.30. The molecule has 30 heavy (non-hydrogen) atoms. The Morgan fingerprint density at radius 2 is 1.97 bits per heavy atom. The predicted octanol–water partition coefficient (Wildman–Crippen LogP) is 4.61. The van der Waals surface area contributed by atoms with Crippen LogP contribution in [0.25, 0.3) is 10.6 Å². The fourth-order valence-electron chi connectivity index (χ4n) is 3.64. The number of hydrogen-bond donors (Lipinski definition) is 1. The molecule has 1 unspecified atom stereocenters. The molecule has 0 bridgehead atoms. The standard InChI is InChI=1S/C23H21FN2O3S/c1-14-21(30-22(25-14)16-9-11-17(24)12-10-16)23(28)29-13-20(27)26-19-8-4-6-15-5-2-3-7-18(15)19/h2-3,5,7,9-12,19H,4,6,8,13H2,1H3,(H,26,27). The Balaban J connectivity index is 1.37. The maximum Gasteiger partial charge on any atom is 0.350 e. The van der Waals surface area contributed by atoms with Crippen molar-refractivity contribution in [2.45, 2.75) is 32.2 Å². The Kier molecular flexibility index (Phi) is 5.90. The third-order valence-electron chi connectivity index (χ3n) is 5.11. The first-order valence-electron chi connectivity index (χ1n) is 9.79. The SMILES string of the molecule is Cc1nc(-c2ccc(F)cc2)sc1C(=O)OCC(=O)NC1CCCc2ccccc21. The van der Waals surface area contributed by atoms with Crippen LogP contribution in [0.1, 0.15) is 45.4 Å². The van der Waals surface area contributed by atoms with Crippen LogP contribution >= 0.6 is 11.3 Å². The first-order valence-corrected chi connectivity index (χ1v) is 10.6. The highest BCUT2D eigenvalue weighted by molar-refractivity contribution is 7.17. The molecular formula is C23H21FN2O3S. The zero-order chi connectivity index (χ0) is 21.1. The predicted molar refractivity (Wildman–Crippen MR) is 113 cm³/mol. The van der Waals surface area contributed by atoms with E-state index in [0.717, 1.165) is 41.7 Å². The minimum absolute atomic E-state index is 0.0589. The third-order valence-corrected chi connectivity index (χ3v) is 6.30. The van der Waals surface area contributed by atoms with E-state index in [1.807, 2.05) is 18.2 Å². The molecule has 0 saturated heterocycles. The van der Waals surface area contributed by atoms with Crippen LogP contribution in [0, 0.1) is 12.7 Å². The van der Waals surface area contributed by atoms with Crippen molar-refractivity contribution < 1.29 is 18.7 Å². The maximum absolute atomic E-state index is 13.1. The quantitative estimate of drug-likeness (QED) is 0.608. The fraction of sp³-hybridized carbons (Fsp3) is 0.261. The number of hydrogen-bond acceptors (Lipinski definition) is 5. The van der Waals surface area contributed by atoms with Gasteiger partial charge in [-0.25, -0.2) is 14.2 Å². The molecule has 154 valence electrons. The Morgan fingerprint density at radius 1 is 1.20 bits per heavy atom. The molecule has 1 aromatic heterocycles. The number of amides is 1. The molecule has 5 nitrogen and oxygen atoms in total. The fourth-order valence-corrected chi connectivity index (χ4v) is 4.60. The van der Waals surface area contributed by atoms with Crippen molar-refractivity contribution in [3.63, 3.8) is 0 Å². The number of carbonyl (C=O) groups is 2. The van der Waals surface area contributed by atoms with Crippen molar-refractivity contribution in [1.82, 2.24) is 10.3 Å². The van der Waals surface area contributed by atoms with Crippen LogP contribution < -0.4 is 5.32 Å². The summed E-state index contributed by atoms with van der Waals surface area (Å²) in [5.74, 6) is -1.25. The monoisotopic (exact) mass is 424 g/mol. The summed E-state index contributed by atoms with van der Waals surface area (Å²) < 4.78 is 18.3. The number of ether oxygens (including phenoxy) is 1. The Morgan fingerprint density at radius 3 is 2.77 bits per heavy atom. The minimum atomic E-state index is -0.586. The minimum Gasteiger partial charge on any atom is -0.451 e. The van der Waals surface area contributed by atoms with E-state index in [2.05, 4.69) is 16.4 Å². The van der Waals surface area contributed by atoms with Gasteiger partial charge in [0.2, 0.25) is 0 Å². The molecule has 0 spiro atoms. The lowest BCUT2D eigenvalue weighted by atomic mass is 9.88. The van der Waals surface area contributed by atoms with E-state index in [4.69, 9.17) is 4.74 Å².